The molecule has 1 aliphatic rings. The summed E-state index contributed by atoms with van der Waals surface area (Å²) in [7, 11) is 0. The second kappa shape index (κ2) is 12.1. The number of hydrogen-bond donors (Lipinski definition) is 3. The van der Waals surface area contributed by atoms with E-state index in [9.17, 15) is 24.6 Å². The molecule has 0 radical (unpaired) electrons. The lowest BCUT2D eigenvalue weighted by Crippen LogP contribution is -2.39. The van der Waals surface area contributed by atoms with Crippen molar-refractivity contribution in [1.82, 2.24) is 10.2 Å². The quantitative estimate of drug-likeness (QED) is 0.470. The highest BCUT2D eigenvalue weighted by Crippen LogP contribution is 2.27. The normalized spacial score (nSPS) is 14.6. The van der Waals surface area contributed by atoms with E-state index in [4.69, 9.17) is 4.74 Å². The number of carboxylic acid groups (broad SMARTS) is 1. The summed E-state index contributed by atoms with van der Waals surface area (Å²) >= 11 is 0. The molecule has 0 unspecified atom stereocenters. The Morgan fingerprint density at radius 2 is 1.76 bits per heavy atom. The van der Waals surface area contributed by atoms with Crippen LogP contribution in [0.4, 0.5) is 10.5 Å². The number of aryl methyl sites for hydroxylation is 1. The van der Waals surface area contributed by atoms with E-state index in [0.717, 1.165) is 11.1 Å². The van der Waals surface area contributed by atoms with Crippen LogP contribution in [0.5, 0.6) is 0 Å². The van der Waals surface area contributed by atoms with Gasteiger partial charge < -0.3 is 30.1 Å². The molecule has 0 saturated heterocycles. The minimum absolute atomic E-state index is 0.137. The third-order valence-corrected chi connectivity index (χ3v) is 6.24. The number of ether oxygens (including phenoxy) is 1. The second-order valence-corrected chi connectivity index (χ2v) is 10.2. The zero-order chi connectivity index (χ0) is 27.2. The molecule has 0 aliphatic carbocycles. The van der Waals surface area contributed by atoms with Crippen LogP contribution < -0.4 is 10.2 Å². The van der Waals surface area contributed by atoms with Gasteiger partial charge in [0, 0.05) is 32.7 Å². The van der Waals surface area contributed by atoms with Crippen molar-refractivity contribution in [3.05, 3.63) is 64.7 Å². The number of carboxylic acids is 1. The van der Waals surface area contributed by atoms with E-state index >= 15 is 0 Å². The summed E-state index contributed by atoms with van der Waals surface area (Å²) in [6.07, 6.45) is -0.213. The molecular weight excluding hydrogens is 474 g/mol. The number of anilines is 1. The molecule has 37 heavy (non-hydrogen) atoms. The van der Waals surface area contributed by atoms with E-state index in [0.29, 0.717) is 50.3 Å². The summed E-state index contributed by atoms with van der Waals surface area (Å²) in [5.74, 6) is -1.26. The lowest BCUT2D eigenvalue weighted by molar-refractivity contribution is 0.0522. The minimum Gasteiger partial charge on any atom is -0.478 e. The number of benzene rings is 2. The van der Waals surface area contributed by atoms with Gasteiger partial charge in [0.2, 0.25) is 0 Å². The number of carbonyl (C=O) groups is 3. The zero-order valence-electron chi connectivity index (χ0n) is 22.0. The first-order chi connectivity index (χ1) is 17.5. The summed E-state index contributed by atoms with van der Waals surface area (Å²) < 4.78 is 5.30. The number of amides is 2. The van der Waals surface area contributed by atoms with Crippen LogP contribution >= 0.6 is 0 Å². The molecule has 1 heterocycles. The van der Waals surface area contributed by atoms with Crippen LogP contribution in [-0.2, 0) is 17.7 Å². The molecule has 2 aromatic carbocycles. The smallest absolute Gasteiger partial charge is 0.407 e. The molecular formula is C28H37N3O6. The Hall–Kier alpha value is -3.59. The van der Waals surface area contributed by atoms with E-state index in [-0.39, 0.29) is 18.0 Å². The molecule has 0 aromatic heterocycles. The third kappa shape index (κ3) is 7.69. The van der Waals surface area contributed by atoms with Crippen LogP contribution in [0, 0.1) is 0 Å². The maximum atomic E-state index is 13.3. The predicted octanol–water partition coefficient (Wildman–Crippen LogP) is 3.69. The predicted molar refractivity (Wildman–Crippen MR) is 141 cm³/mol. The Balaban J connectivity index is 1.63. The number of nitrogens with one attached hydrogen (secondary N) is 1. The van der Waals surface area contributed by atoms with Crippen LogP contribution in [0.15, 0.2) is 42.5 Å². The van der Waals surface area contributed by atoms with Crippen molar-refractivity contribution in [2.75, 3.05) is 31.1 Å². The number of aliphatic hydroxyl groups excluding tert-OH is 1. The van der Waals surface area contributed by atoms with E-state index in [1.165, 1.54) is 6.07 Å². The maximum absolute atomic E-state index is 13.3. The fourth-order valence-electron chi connectivity index (χ4n) is 4.37. The lowest BCUT2D eigenvalue weighted by Gasteiger charge is -2.25. The Morgan fingerprint density at radius 3 is 2.41 bits per heavy atom. The lowest BCUT2D eigenvalue weighted by atomic mass is 10.0. The number of alkyl carbamates (subject to hydrolysis) is 1. The Labute approximate surface area is 218 Å². The van der Waals surface area contributed by atoms with Crippen LogP contribution in [0.25, 0.3) is 0 Å². The van der Waals surface area contributed by atoms with Crippen LogP contribution in [0.3, 0.4) is 0 Å². The fourth-order valence-corrected chi connectivity index (χ4v) is 4.37. The average Bonchev–Trinajstić information content (AvgIpc) is 2.97. The van der Waals surface area contributed by atoms with Crippen LogP contribution in [0.1, 0.15) is 66.0 Å². The van der Waals surface area contributed by atoms with Gasteiger partial charge in [0.1, 0.15) is 5.60 Å². The standard InChI is InChI=1S/C28H37N3O6/c1-5-30-14-15-31(25(33)23-13-11-20(26(34)35)16-24(23)30)18-22(32)12-10-19-8-6-7-9-21(19)17-29-27(36)37-28(2,3)4/h6-9,11,13,16,22,32H,5,10,12,14-15,17-18H2,1-4H3,(H,29,36)(H,34,35)/t22-/m0/s1. The number of likely N-dealkylation sites (N-methyl/N-ethyl adjacent to an activating group) is 1. The van der Waals surface area contributed by atoms with Crippen molar-refractivity contribution >= 4 is 23.7 Å². The van der Waals surface area contributed by atoms with Gasteiger partial charge in [-0.05, 0) is 69.9 Å². The maximum Gasteiger partial charge on any atom is 0.407 e. The highest BCUT2D eigenvalue weighted by Gasteiger charge is 2.28. The van der Waals surface area contributed by atoms with E-state index in [1.807, 2.05) is 56.9 Å². The third-order valence-electron chi connectivity index (χ3n) is 6.24. The number of nitrogens with zero attached hydrogens (tertiary/aromatic N) is 2. The first-order valence-electron chi connectivity index (χ1n) is 12.6. The van der Waals surface area contributed by atoms with Gasteiger partial charge in [-0.2, -0.15) is 0 Å². The van der Waals surface area contributed by atoms with Crippen molar-refractivity contribution in [3.8, 4) is 0 Å². The van der Waals surface area contributed by atoms with Crippen LogP contribution in [-0.4, -0.2) is 71.0 Å². The first-order valence-corrected chi connectivity index (χ1v) is 12.6. The number of carbonyl (C=O) groups excluding carboxylic acids is 2. The number of β-amino-alcohol motifs (C(OH)–C–C–N with tert-alkyl or cyclic N) is 1. The largest absolute Gasteiger partial charge is 0.478 e. The van der Waals surface area contributed by atoms with Crippen molar-refractivity contribution in [1.29, 1.82) is 0 Å². The van der Waals surface area contributed by atoms with Gasteiger partial charge in [-0.1, -0.05) is 24.3 Å². The van der Waals surface area contributed by atoms with Crippen molar-refractivity contribution < 1.29 is 29.3 Å². The molecule has 3 rings (SSSR count). The van der Waals surface area contributed by atoms with E-state index in [1.54, 1.807) is 17.0 Å². The highest BCUT2D eigenvalue weighted by molar-refractivity contribution is 6.02. The number of aromatic carboxylic acids is 1. The summed E-state index contributed by atoms with van der Waals surface area (Å²) in [4.78, 5) is 40.4. The number of aliphatic hydroxyl groups is 1. The molecule has 0 spiro atoms. The molecule has 9 heteroatoms. The van der Waals surface area contributed by atoms with E-state index in [2.05, 4.69) is 5.32 Å². The van der Waals surface area contributed by atoms with Gasteiger partial charge in [0.05, 0.1) is 22.9 Å². The molecule has 3 N–H and O–H groups in total. The van der Waals surface area contributed by atoms with E-state index < -0.39 is 23.8 Å². The Kier molecular flexibility index (Phi) is 9.15. The number of rotatable bonds is 9. The monoisotopic (exact) mass is 511 g/mol. The molecule has 0 saturated carbocycles. The minimum atomic E-state index is -1.04. The van der Waals surface area contributed by atoms with Crippen molar-refractivity contribution in [2.45, 2.75) is 58.8 Å². The molecule has 0 fully saturated rings. The van der Waals surface area contributed by atoms with Gasteiger partial charge in [0.15, 0.2) is 0 Å². The second-order valence-electron chi connectivity index (χ2n) is 10.2. The number of hydrogen-bond acceptors (Lipinski definition) is 6. The van der Waals surface area contributed by atoms with Gasteiger partial charge in [0.25, 0.3) is 5.91 Å². The van der Waals surface area contributed by atoms with Crippen molar-refractivity contribution in [2.24, 2.45) is 0 Å². The molecule has 1 atom stereocenters. The summed E-state index contributed by atoms with van der Waals surface area (Å²) in [5.41, 5.74) is 2.55. The van der Waals surface area contributed by atoms with Gasteiger partial charge in [-0.3, -0.25) is 4.79 Å². The molecule has 200 valence electrons. The summed E-state index contributed by atoms with van der Waals surface area (Å²) in [5, 5.41) is 23.0. The number of fused-ring (bicyclic) bond motifs is 1. The summed E-state index contributed by atoms with van der Waals surface area (Å²) in [6.45, 7) is 9.48. The fraction of sp³-hybridized carbons (Fsp3) is 0.464. The molecule has 9 nitrogen and oxygen atoms in total. The highest BCUT2D eigenvalue weighted by atomic mass is 16.6. The summed E-state index contributed by atoms with van der Waals surface area (Å²) in [6, 6.07) is 12.2. The van der Waals surface area contributed by atoms with Crippen molar-refractivity contribution in [3.63, 3.8) is 0 Å². The van der Waals surface area contributed by atoms with Gasteiger partial charge in [-0.25, -0.2) is 9.59 Å². The Morgan fingerprint density at radius 1 is 1.08 bits per heavy atom. The average molecular weight is 512 g/mol. The molecule has 0 bridgehead atoms. The van der Waals surface area contributed by atoms with Gasteiger partial charge in [-0.15, -0.1) is 0 Å². The van der Waals surface area contributed by atoms with Gasteiger partial charge >= 0.3 is 12.1 Å². The first kappa shape index (κ1) is 28.0. The Bertz CT molecular complexity index is 1130. The van der Waals surface area contributed by atoms with Crippen LogP contribution in [0.2, 0.25) is 0 Å². The molecule has 1 aliphatic heterocycles. The SMILES string of the molecule is CCN1CCN(C[C@@H](O)CCc2ccccc2CNC(=O)OC(C)(C)C)C(=O)c2ccc(C(=O)O)cc21. The molecule has 2 aromatic rings. The zero-order valence-corrected chi connectivity index (χ0v) is 22.0. The molecule has 2 amide bonds. The topological polar surface area (TPSA) is 119 Å².